The van der Waals surface area contributed by atoms with Gasteiger partial charge in [0.1, 0.15) is 5.82 Å². The van der Waals surface area contributed by atoms with Crippen LogP contribution < -0.4 is 5.32 Å². The molecule has 3 rings (SSSR count). The standard InChI is InChI=1S/C18H18FNS/c1-13-5-6-18(21-16-4-2-3-15(19)12-16)17(11-13)14-7-9-20-10-8-14/h2-7,11-12,20H,8-10H2,1H3. The van der Waals surface area contributed by atoms with Gasteiger partial charge < -0.3 is 5.32 Å². The Hall–Kier alpha value is -1.58. The van der Waals surface area contributed by atoms with E-state index < -0.39 is 0 Å². The van der Waals surface area contributed by atoms with Gasteiger partial charge in [-0.3, -0.25) is 0 Å². The van der Waals surface area contributed by atoms with Crippen LogP contribution in [0.4, 0.5) is 4.39 Å². The highest BCUT2D eigenvalue weighted by molar-refractivity contribution is 7.99. The van der Waals surface area contributed by atoms with E-state index in [1.54, 1.807) is 23.9 Å². The van der Waals surface area contributed by atoms with Crippen LogP contribution >= 0.6 is 11.8 Å². The van der Waals surface area contributed by atoms with Crippen molar-refractivity contribution in [2.24, 2.45) is 0 Å². The zero-order chi connectivity index (χ0) is 14.7. The van der Waals surface area contributed by atoms with Crippen LogP contribution in [0.2, 0.25) is 0 Å². The van der Waals surface area contributed by atoms with Crippen LogP contribution in [0.3, 0.4) is 0 Å². The van der Waals surface area contributed by atoms with Gasteiger partial charge in [0, 0.05) is 16.3 Å². The lowest BCUT2D eigenvalue weighted by molar-refractivity contribution is 0.624. The van der Waals surface area contributed by atoms with E-state index in [9.17, 15) is 4.39 Å². The molecule has 0 amide bonds. The van der Waals surface area contributed by atoms with Gasteiger partial charge in [-0.2, -0.15) is 0 Å². The third-order valence-electron chi connectivity index (χ3n) is 3.57. The Balaban J connectivity index is 1.96. The minimum Gasteiger partial charge on any atom is -0.313 e. The second-order valence-corrected chi connectivity index (χ2v) is 6.36. The van der Waals surface area contributed by atoms with Gasteiger partial charge in [0.15, 0.2) is 0 Å². The fourth-order valence-corrected chi connectivity index (χ4v) is 3.52. The van der Waals surface area contributed by atoms with Crippen LogP contribution in [-0.4, -0.2) is 13.1 Å². The van der Waals surface area contributed by atoms with Crippen molar-refractivity contribution in [1.29, 1.82) is 0 Å². The molecule has 0 radical (unpaired) electrons. The summed E-state index contributed by atoms with van der Waals surface area (Å²) in [6, 6.07) is 13.3. The van der Waals surface area contributed by atoms with Crippen molar-refractivity contribution in [3.8, 4) is 0 Å². The summed E-state index contributed by atoms with van der Waals surface area (Å²) in [5.74, 6) is -0.185. The molecule has 1 aliphatic rings. The molecule has 2 aromatic rings. The van der Waals surface area contributed by atoms with Crippen molar-refractivity contribution < 1.29 is 4.39 Å². The molecule has 0 saturated carbocycles. The number of hydrogen-bond donors (Lipinski definition) is 1. The second kappa shape index (κ2) is 6.46. The van der Waals surface area contributed by atoms with E-state index in [1.807, 2.05) is 6.07 Å². The van der Waals surface area contributed by atoms with Gasteiger partial charge in [-0.05, 0) is 55.3 Å². The van der Waals surface area contributed by atoms with E-state index in [2.05, 4.69) is 36.5 Å². The first kappa shape index (κ1) is 14.4. The van der Waals surface area contributed by atoms with E-state index in [0.717, 1.165) is 24.4 Å². The summed E-state index contributed by atoms with van der Waals surface area (Å²) in [5.41, 5.74) is 3.93. The Morgan fingerprint density at radius 3 is 2.81 bits per heavy atom. The topological polar surface area (TPSA) is 12.0 Å². The SMILES string of the molecule is Cc1ccc(Sc2cccc(F)c2)c(C2=CCNCC2)c1. The Morgan fingerprint density at radius 2 is 2.05 bits per heavy atom. The molecule has 0 unspecified atom stereocenters. The van der Waals surface area contributed by atoms with Gasteiger partial charge >= 0.3 is 0 Å². The number of halogens is 1. The van der Waals surface area contributed by atoms with Crippen LogP contribution in [-0.2, 0) is 0 Å². The zero-order valence-corrected chi connectivity index (χ0v) is 12.8. The second-order valence-electron chi connectivity index (χ2n) is 5.24. The van der Waals surface area contributed by atoms with E-state index in [-0.39, 0.29) is 5.82 Å². The summed E-state index contributed by atoms with van der Waals surface area (Å²) in [6.45, 7) is 4.05. The quantitative estimate of drug-likeness (QED) is 0.884. The Bertz CT molecular complexity index is 679. The molecule has 1 heterocycles. The van der Waals surface area contributed by atoms with Crippen molar-refractivity contribution in [1.82, 2.24) is 5.32 Å². The van der Waals surface area contributed by atoms with Gasteiger partial charge in [0.25, 0.3) is 0 Å². The average Bonchev–Trinajstić information content (AvgIpc) is 2.50. The molecule has 0 fully saturated rings. The highest BCUT2D eigenvalue weighted by Gasteiger charge is 2.12. The third kappa shape index (κ3) is 3.55. The molecule has 21 heavy (non-hydrogen) atoms. The molecule has 0 aliphatic carbocycles. The van der Waals surface area contributed by atoms with Gasteiger partial charge in [-0.25, -0.2) is 4.39 Å². The van der Waals surface area contributed by atoms with E-state index >= 15 is 0 Å². The summed E-state index contributed by atoms with van der Waals surface area (Å²) in [6.07, 6.45) is 3.30. The summed E-state index contributed by atoms with van der Waals surface area (Å²) < 4.78 is 13.4. The Kier molecular flexibility index (Phi) is 4.42. The first-order valence-electron chi connectivity index (χ1n) is 7.16. The Labute approximate surface area is 129 Å². The highest BCUT2D eigenvalue weighted by Crippen LogP contribution is 2.36. The molecular formula is C18H18FNS. The van der Waals surface area contributed by atoms with Crippen molar-refractivity contribution in [3.63, 3.8) is 0 Å². The largest absolute Gasteiger partial charge is 0.313 e. The molecule has 1 N–H and O–H groups in total. The minimum absolute atomic E-state index is 0.185. The van der Waals surface area contributed by atoms with E-state index in [0.29, 0.717) is 0 Å². The molecule has 1 nitrogen and oxygen atoms in total. The van der Waals surface area contributed by atoms with Crippen molar-refractivity contribution in [2.75, 3.05) is 13.1 Å². The van der Waals surface area contributed by atoms with E-state index in [1.165, 1.54) is 27.7 Å². The molecule has 0 aromatic heterocycles. The van der Waals surface area contributed by atoms with Crippen molar-refractivity contribution in [3.05, 3.63) is 65.5 Å². The lowest BCUT2D eigenvalue weighted by Gasteiger charge is -2.18. The summed E-state index contributed by atoms with van der Waals surface area (Å²) >= 11 is 1.63. The number of hydrogen-bond acceptors (Lipinski definition) is 2. The first-order chi connectivity index (χ1) is 10.2. The van der Waals surface area contributed by atoms with Gasteiger partial charge in [0.05, 0.1) is 0 Å². The molecule has 0 saturated heterocycles. The van der Waals surface area contributed by atoms with Gasteiger partial charge in [-0.15, -0.1) is 0 Å². The zero-order valence-electron chi connectivity index (χ0n) is 12.0. The van der Waals surface area contributed by atoms with Crippen LogP contribution in [0, 0.1) is 12.7 Å². The van der Waals surface area contributed by atoms with Gasteiger partial charge in [0.2, 0.25) is 0 Å². The maximum atomic E-state index is 13.4. The van der Waals surface area contributed by atoms with Gasteiger partial charge in [-0.1, -0.05) is 41.6 Å². The third-order valence-corrected chi connectivity index (χ3v) is 4.63. The predicted molar refractivity (Wildman–Crippen MR) is 87.2 cm³/mol. The number of rotatable bonds is 3. The number of aryl methyl sites for hydroxylation is 1. The average molecular weight is 299 g/mol. The van der Waals surface area contributed by atoms with Crippen LogP contribution in [0.25, 0.3) is 5.57 Å². The van der Waals surface area contributed by atoms with Crippen LogP contribution in [0.5, 0.6) is 0 Å². The fraction of sp³-hybridized carbons (Fsp3) is 0.222. The minimum atomic E-state index is -0.185. The molecule has 0 atom stereocenters. The van der Waals surface area contributed by atoms with Crippen molar-refractivity contribution >= 4 is 17.3 Å². The lowest BCUT2D eigenvalue weighted by atomic mass is 9.99. The number of nitrogens with one attached hydrogen (secondary N) is 1. The molecule has 108 valence electrons. The maximum absolute atomic E-state index is 13.4. The summed E-state index contributed by atoms with van der Waals surface area (Å²) in [7, 11) is 0. The molecule has 2 aromatic carbocycles. The molecule has 0 bridgehead atoms. The Morgan fingerprint density at radius 1 is 1.14 bits per heavy atom. The maximum Gasteiger partial charge on any atom is 0.124 e. The van der Waals surface area contributed by atoms with Crippen molar-refractivity contribution in [2.45, 2.75) is 23.1 Å². The molecule has 0 spiro atoms. The first-order valence-corrected chi connectivity index (χ1v) is 7.98. The number of benzene rings is 2. The molecule has 1 aliphatic heterocycles. The summed E-state index contributed by atoms with van der Waals surface area (Å²) in [4.78, 5) is 2.13. The lowest BCUT2D eigenvalue weighted by Crippen LogP contribution is -2.20. The van der Waals surface area contributed by atoms with E-state index in [4.69, 9.17) is 0 Å². The highest BCUT2D eigenvalue weighted by atomic mass is 32.2. The monoisotopic (exact) mass is 299 g/mol. The predicted octanol–water partition coefficient (Wildman–Crippen LogP) is 4.66. The van der Waals surface area contributed by atoms with Crippen LogP contribution in [0.1, 0.15) is 17.5 Å². The molecule has 3 heteroatoms. The van der Waals surface area contributed by atoms with Crippen LogP contribution in [0.15, 0.2) is 58.3 Å². The summed E-state index contributed by atoms with van der Waals surface area (Å²) in [5, 5.41) is 3.34. The fourth-order valence-electron chi connectivity index (χ4n) is 2.51. The normalized spacial score (nSPS) is 14.9. The smallest absolute Gasteiger partial charge is 0.124 e. The molecular weight excluding hydrogens is 281 g/mol.